The van der Waals surface area contributed by atoms with E-state index in [0.29, 0.717) is 5.76 Å². The summed E-state index contributed by atoms with van der Waals surface area (Å²) >= 11 is 0. The van der Waals surface area contributed by atoms with Crippen LogP contribution in [-0.4, -0.2) is 23.9 Å². The van der Waals surface area contributed by atoms with Gasteiger partial charge >= 0.3 is 5.97 Å². The van der Waals surface area contributed by atoms with Crippen LogP contribution in [0.2, 0.25) is 0 Å². The van der Waals surface area contributed by atoms with Gasteiger partial charge in [-0.25, -0.2) is 4.79 Å². The fourth-order valence-electron chi connectivity index (χ4n) is 4.61. The highest BCUT2D eigenvalue weighted by molar-refractivity contribution is 6.10. The van der Waals surface area contributed by atoms with Gasteiger partial charge in [0.1, 0.15) is 18.5 Å². The highest BCUT2D eigenvalue weighted by Crippen LogP contribution is 2.59. The molecule has 1 saturated heterocycles. The van der Waals surface area contributed by atoms with Crippen LogP contribution >= 0.6 is 0 Å². The number of benzene rings is 2. The largest absolute Gasteiger partial charge is 0.492 e. The smallest absolute Gasteiger partial charge is 0.334 e. The van der Waals surface area contributed by atoms with Gasteiger partial charge in [0.25, 0.3) is 0 Å². The molecular weight excluding hydrogens is 346 g/mol. The fraction of sp³-hybridized carbons (Fsp3) is 0.286. The quantitative estimate of drug-likeness (QED) is 0.667. The molecule has 2 amide bonds. The Labute approximate surface area is 155 Å². The minimum atomic E-state index is -1.01. The number of esters is 1. The summed E-state index contributed by atoms with van der Waals surface area (Å²) in [5.74, 6) is -1.84. The fourth-order valence-corrected chi connectivity index (χ4v) is 4.61. The Hall–Kier alpha value is -3.15. The first-order valence-corrected chi connectivity index (χ1v) is 8.87. The Bertz CT molecular complexity index is 1040. The molecule has 0 radical (unpaired) electrons. The third-order valence-electron chi connectivity index (χ3n) is 6.04. The van der Waals surface area contributed by atoms with E-state index < -0.39 is 29.3 Å². The molecular formula is C21H17NO5. The molecule has 2 aromatic carbocycles. The van der Waals surface area contributed by atoms with Crippen molar-refractivity contribution in [3.63, 3.8) is 0 Å². The van der Waals surface area contributed by atoms with Crippen LogP contribution in [0.1, 0.15) is 12.5 Å². The first kappa shape index (κ1) is 16.1. The highest BCUT2D eigenvalue weighted by Gasteiger charge is 2.74. The third kappa shape index (κ3) is 2.10. The molecule has 0 bridgehead atoms. The molecule has 2 heterocycles. The van der Waals surface area contributed by atoms with Gasteiger partial charge in [-0.3, -0.25) is 14.9 Å². The van der Waals surface area contributed by atoms with E-state index >= 15 is 0 Å². The molecule has 0 unspecified atom stereocenters. The number of fused-ring (bicyclic) bond motifs is 5. The molecule has 2 fully saturated rings. The lowest BCUT2D eigenvalue weighted by molar-refractivity contribution is -0.199. The van der Waals surface area contributed by atoms with Crippen LogP contribution in [0.3, 0.4) is 0 Å². The van der Waals surface area contributed by atoms with Gasteiger partial charge in [0, 0.05) is 0 Å². The Morgan fingerprint density at radius 3 is 2.74 bits per heavy atom. The molecule has 1 saturated carbocycles. The Morgan fingerprint density at radius 1 is 1.11 bits per heavy atom. The van der Waals surface area contributed by atoms with Crippen LogP contribution in [0.15, 0.2) is 54.3 Å². The molecule has 3 aliphatic rings. The van der Waals surface area contributed by atoms with E-state index in [-0.39, 0.29) is 18.4 Å². The van der Waals surface area contributed by atoms with Crippen LogP contribution < -0.4 is 5.32 Å². The molecule has 0 aromatic heterocycles. The maximum atomic E-state index is 12.2. The van der Waals surface area contributed by atoms with Gasteiger partial charge in [0.2, 0.25) is 11.8 Å². The van der Waals surface area contributed by atoms with E-state index in [1.54, 1.807) is 6.92 Å². The number of nitrogens with one attached hydrogen (secondary N) is 1. The summed E-state index contributed by atoms with van der Waals surface area (Å²) in [7, 11) is 0. The summed E-state index contributed by atoms with van der Waals surface area (Å²) < 4.78 is 11.4. The van der Waals surface area contributed by atoms with Crippen LogP contribution in [0.25, 0.3) is 10.8 Å². The Kier molecular flexibility index (Phi) is 3.22. The number of hydrogen-bond acceptors (Lipinski definition) is 5. The molecule has 1 aliphatic carbocycles. The highest BCUT2D eigenvalue weighted by atomic mass is 16.6. The second-order valence-corrected chi connectivity index (χ2v) is 7.44. The van der Waals surface area contributed by atoms with Gasteiger partial charge in [0.15, 0.2) is 0 Å². The molecule has 5 rings (SSSR count). The lowest BCUT2D eigenvalue weighted by Crippen LogP contribution is -2.64. The predicted molar refractivity (Wildman–Crippen MR) is 94.9 cm³/mol. The monoisotopic (exact) mass is 363 g/mol. The summed E-state index contributed by atoms with van der Waals surface area (Å²) in [6.07, 6.45) is 0.621. The van der Waals surface area contributed by atoms with Crippen molar-refractivity contribution < 1.29 is 23.9 Å². The summed E-state index contributed by atoms with van der Waals surface area (Å²) in [6.45, 7) is 1.93. The summed E-state index contributed by atoms with van der Waals surface area (Å²) in [5, 5.41) is 4.53. The number of carbonyl (C=O) groups is 3. The summed E-state index contributed by atoms with van der Waals surface area (Å²) in [4.78, 5) is 36.4. The molecule has 0 spiro atoms. The SMILES string of the molecule is C[C@@]12C(=O)NC(=O)[C@@H]1[C@@H]1C(OCc3cccc4ccccc34)=CC(=O)O[C@@H]12. The summed E-state index contributed by atoms with van der Waals surface area (Å²) in [6, 6.07) is 13.9. The first-order chi connectivity index (χ1) is 13.0. The van der Waals surface area contributed by atoms with Crippen molar-refractivity contribution in [2.75, 3.05) is 0 Å². The normalized spacial score (nSPS) is 31.4. The first-order valence-electron chi connectivity index (χ1n) is 8.87. The van der Waals surface area contributed by atoms with E-state index in [1.165, 1.54) is 6.08 Å². The van der Waals surface area contributed by atoms with Crippen LogP contribution in [0.4, 0.5) is 0 Å². The van der Waals surface area contributed by atoms with Gasteiger partial charge in [-0.05, 0) is 23.3 Å². The lowest BCUT2D eigenvalue weighted by atomic mass is 9.52. The van der Waals surface area contributed by atoms with Crippen LogP contribution in [0.5, 0.6) is 0 Å². The van der Waals surface area contributed by atoms with Crippen molar-refractivity contribution in [1.29, 1.82) is 0 Å². The van der Waals surface area contributed by atoms with Gasteiger partial charge < -0.3 is 9.47 Å². The van der Waals surface area contributed by atoms with Gasteiger partial charge in [-0.15, -0.1) is 0 Å². The van der Waals surface area contributed by atoms with E-state index in [2.05, 4.69) is 5.32 Å². The van der Waals surface area contributed by atoms with Crippen molar-refractivity contribution in [2.24, 2.45) is 17.3 Å². The zero-order valence-electron chi connectivity index (χ0n) is 14.6. The van der Waals surface area contributed by atoms with Crippen molar-refractivity contribution in [1.82, 2.24) is 5.32 Å². The number of carbonyl (C=O) groups excluding carboxylic acids is 3. The maximum Gasteiger partial charge on any atom is 0.334 e. The molecule has 136 valence electrons. The number of imide groups is 1. The number of ether oxygens (including phenoxy) is 2. The second kappa shape index (κ2) is 5.42. The minimum Gasteiger partial charge on any atom is -0.492 e. The maximum absolute atomic E-state index is 12.2. The molecule has 4 atom stereocenters. The van der Waals surface area contributed by atoms with E-state index in [0.717, 1.165) is 16.3 Å². The molecule has 1 N–H and O–H groups in total. The van der Waals surface area contributed by atoms with Crippen LogP contribution in [-0.2, 0) is 30.5 Å². The van der Waals surface area contributed by atoms with E-state index in [9.17, 15) is 14.4 Å². The second-order valence-electron chi connectivity index (χ2n) is 7.44. The third-order valence-corrected chi connectivity index (χ3v) is 6.04. The molecule has 2 aliphatic heterocycles. The molecule has 6 heteroatoms. The van der Waals surface area contributed by atoms with Crippen molar-refractivity contribution >= 4 is 28.6 Å². The van der Waals surface area contributed by atoms with Crippen molar-refractivity contribution in [3.05, 3.63) is 59.9 Å². The van der Waals surface area contributed by atoms with Gasteiger partial charge in [0.05, 0.1) is 23.3 Å². The van der Waals surface area contributed by atoms with Gasteiger partial charge in [-0.2, -0.15) is 0 Å². The van der Waals surface area contributed by atoms with Crippen molar-refractivity contribution in [3.8, 4) is 0 Å². The molecule has 27 heavy (non-hydrogen) atoms. The standard InChI is InChI=1S/C21H17NO5/c1-21-17(19(24)22-20(21)25)16-14(9-15(23)27-18(16)21)26-10-12-7-4-6-11-5-2-3-8-13(11)12/h2-9,16-18H,10H2,1H3,(H,22,24,25)/t16-,17-,18-,21+/m0/s1. The van der Waals surface area contributed by atoms with Gasteiger partial charge in [-0.1, -0.05) is 42.5 Å². The van der Waals surface area contributed by atoms with E-state index in [1.807, 2.05) is 42.5 Å². The number of rotatable bonds is 3. The Balaban J connectivity index is 1.44. The van der Waals surface area contributed by atoms with Crippen molar-refractivity contribution in [2.45, 2.75) is 19.6 Å². The average Bonchev–Trinajstić information content (AvgIpc) is 2.85. The van der Waals surface area contributed by atoms with Crippen LogP contribution in [0, 0.1) is 17.3 Å². The zero-order valence-corrected chi connectivity index (χ0v) is 14.6. The van der Waals surface area contributed by atoms with E-state index in [4.69, 9.17) is 9.47 Å². The topological polar surface area (TPSA) is 81.7 Å². The summed E-state index contributed by atoms with van der Waals surface area (Å²) in [5.41, 5.74) is -0.0294. The number of amides is 2. The number of hydrogen-bond donors (Lipinski definition) is 1. The minimum absolute atomic E-state index is 0.267. The lowest BCUT2D eigenvalue weighted by Gasteiger charge is -2.53. The molecule has 6 nitrogen and oxygen atoms in total. The average molecular weight is 363 g/mol. The Morgan fingerprint density at radius 2 is 1.89 bits per heavy atom. The predicted octanol–water partition coefficient (Wildman–Crippen LogP) is 2.07. The molecule has 2 aromatic rings. The zero-order chi connectivity index (χ0) is 18.8.